The van der Waals surface area contributed by atoms with Gasteiger partial charge in [0.25, 0.3) is 0 Å². The normalized spacial score (nSPS) is 24.2. The summed E-state index contributed by atoms with van der Waals surface area (Å²) in [5.41, 5.74) is 0. The zero-order valence-corrected chi connectivity index (χ0v) is 9.50. The van der Waals surface area contributed by atoms with Crippen molar-refractivity contribution in [3.63, 3.8) is 0 Å². The first-order valence-electron chi connectivity index (χ1n) is 5.83. The van der Waals surface area contributed by atoms with Gasteiger partial charge in [0.05, 0.1) is 12.0 Å². The predicted octanol–water partition coefficient (Wildman–Crippen LogP) is 2.41. The highest BCUT2D eigenvalue weighted by atomic mass is 16.5. The molecule has 0 bridgehead atoms. The minimum Gasteiger partial charge on any atom is -0.508 e. The summed E-state index contributed by atoms with van der Waals surface area (Å²) in [5.74, 6) is -0.106. The Balaban J connectivity index is 1.88. The van der Waals surface area contributed by atoms with Gasteiger partial charge in [0.1, 0.15) is 11.5 Å². The van der Waals surface area contributed by atoms with Crippen LogP contribution in [0.5, 0.6) is 11.5 Å². The third kappa shape index (κ3) is 3.12. The zero-order chi connectivity index (χ0) is 12.3. The second-order valence-electron chi connectivity index (χ2n) is 4.43. The van der Waals surface area contributed by atoms with Crippen molar-refractivity contribution < 1.29 is 19.7 Å². The molecule has 0 atom stereocenters. The summed E-state index contributed by atoms with van der Waals surface area (Å²) in [6.45, 7) is 0. The molecule has 0 saturated heterocycles. The highest BCUT2D eigenvalue weighted by molar-refractivity contribution is 5.70. The molecule has 0 unspecified atom stereocenters. The van der Waals surface area contributed by atoms with Crippen LogP contribution in [0, 0.1) is 5.92 Å². The van der Waals surface area contributed by atoms with Crippen LogP contribution in [0.2, 0.25) is 0 Å². The number of ether oxygens (including phenoxy) is 1. The second-order valence-corrected chi connectivity index (χ2v) is 4.43. The van der Waals surface area contributed by atoms with Crippen molar-refractivity contribution in [2.75, 3.05) is 0 Å². The first kappa shape index (κ1) is 11.8. The standard InChI is InChI=1S/C13H16O4/c14-10-2-1-3-12(8-10)17-11-6-4-9(5-7-11)13(15)16/h1-3,8-9,11,14H,4-7H2,(H,15,16). The summed E-state index contributed by atoms with van der Waals surface area (Å²) in [4.78, 5) is 10.8. The molecular formula is C13H16O4. The molecule has 1 aliphatic carbocycles. The number of carboxylic acid groups (broad SMARTS) is 1. The molecule has 1 aromatic carbocycles. The van der Waals surface area contributed by atoms with Crippen molar-refractivity contribution in [1.82, 2.24) is 0 Å². The molecule has 1 fully saturated rings. The fourth-order valence-corrected chi connectivity index (χ4v) is 2.18. The van der Waals surface area contributed by atoms with Crippen molar-refractivity contribution in [2.24, 2.45) is 5.92 Å². The van der Waals surface area contributed by atoms with Crippen LogP contribution in [0.3, 0.4) is 0 Å². The van der Waals surface area contributed by atoms with Crippen LogP contribution in [0.25, 0.3) is 0 Å². The van der Waals surface area contributed by atoms with E-state index in [1.807, 2.05) is 0 Å². The van der Waals surface area contributed by atoms with Crippen LogP contribution in [0.15, 0.2) is 24.3 Å². The molecule has 4 heteroatoms. The van der Waals surface area contributed by atoms with E-state index in [1.165, 1.54) is 0 Å². The monoisotopic (exact) mass is 236 g/mol. The molecule has 1 aromatic rings. The smallest absolute Gasteiger partial charge is 0.306 e. The van der Waals surface area contributed by atoms with E-state index in [-0.39, 0.29) is 17.8 Å². The van der Waals surface area contributed by atoms with E-state index in [1.54, 1.807) is 24.3 Å². The zero-order valence-electron chi connectivity index (χ0n) is 9.50. The van der Waals surface area contributed by atoms with Gasteiger partial charge >= 0.3 is 5.97 Å². The molecule has 2 rings (SSSR count). The summed E-state index contributed by atoms with van der Waals surface area (Å²) in [6.07, 6.45) is 2.91. The predicted molar refractivity (Wildman–Crippen MR) is 62.1 cm³/mol. The average Bonchev–Trinajstić information content (AvgIpc) is 2.29. The van der Waals surface area contributed by atoms with Crippen LogP contribution < -0.4 is 4.74 Å². The molecule has 0 amide bonds. The third-order valence-electron chi connectivity index (χ3n) is 3.14. The molecule has 0 radical (unpaired) electrons. The van der Waals surface area contributed by atoms with Crippen LogP contribution in [-0.2, 0) is 4.79 Å². The molecule has 0 aliphatic heterocycles. The molecule has 0 spiro atoms. The van der Waals surface area contributed by atoms with Gasteiger partial charge < -0.3 is 14.9 Å². The van der Waals surface area contributed by atoms with Gasteiger partial charge in [-0.3, -0.25) is 4.79 Å². The minimum absolute atomic E-state index is 0.0624. The van der Waals surface area contributed by atoms with Gasteiger partial charge in [-0.2, -0.15) is 0 Å². The summed E-state index contributed by atoms with van der Waals surface area (Å²) >= 11 is 0. The van der Waals surface area contributed by atoms with E-state index >= 15 is 0 Å². The van der Waals surface area contributed by atoms with Crippen molar-refractivity contribution in [2.45, 2.75) is 31.8 Å². The van der Waals surface area contributed by atoms with Crippen molar-refractivity contribution in [3.05, 3.63) is 24.3 Å². The number of aromatic hydroxyl groups is 1. The van der Waals surface area contributed by atoms with Gasteiger partial charge in [-0.1, -0.05) is 6.07 Å². The molecular weight excluding hydrogens is 220 g/mol. The van der Waals surface area contributed by atoms with Gasteiger partial charge in [0, 0.05) is 6.07 Å². The highest BCUT2D eigenvalue weighted by Crippen LogP contribution is 2.28. The number of aliphatic carboxylic acids is 1. The van der Waals surface area contributed by atoms with Crippen LogP contribution >= 0.6 is 0 Å². The maximum absolute atomic E-state index is 10.8. The van der Waals surface area contributed by atoms with Crippen LogP contribution in [-0.4, -0.2) is 22.3 Å². The SMILES string of the molecule is O=C(O)C1CCC(Oc2cccc(O)c2)CC1. The van der Waals surface area contributed by atoms with Crippen molar-refractivity contribution >= 4 is 5.97 Å². The fraction of sp³-hybridized carbons (Fsp3) is 0.462. The summed E-state index contributed by atoms with van der Waals surface area (Å²) in [6, 6.07) is 6.69. The van der Waals surface area contributed by atoms with E-state index < -0.39 is 5.97 Å². The maximum Gasteiger partial charge on any atom is 0.306 e. The molecule has 2 N–H and O–H groups in total. The molecule has 4 nitrogen and oxygen atoms in total. The third-order valence-corrected chi connectivity index (χ3v) is 3.14. The van der Waals surface area contributed by atoms with Crippen LogP contribution in [0.1, 0.15) is 25.7 Å². The number of rotatable bonds is 3. The van der Waals surface area contributed by atoms with Crippen molar-refractivity contribution in [1.29, 1.82) is 0 Å². The van der Waals surface area contributed by atoms with Crippen LogP contribution in [0.4, 0.5) is 0 Å². The first-order valence-corrected chi connectivity index (χ1v) is 5.83. The Morgan fingerprint density at radius 1 is 1.24 bits per heavy atom. The topological polar surface area (TPSA) is 66.8 Å². The molecule has 0 heterocycles. The summed E-state index contributed by atoms with van der Waals surface area (Å²) in [5, 5.41) is 18.2. The Hall–Kier alpha value is -1.71. The summed E-state index contributed by atoms with van der Waals surface area (Å²) in [7, 11) is 0. The largest absolute Gasteiger partial charge is 0.508 e. The Bertz CT molecular complexity index is 394. The van der Waals surface area contributed by atoms with Gasteiger partial charge in [0.15, 0.2) is 0 Å². The van der Waals surface area contributed by atoms with E-state index in [4.69, 9.17) is 9.84 Å². The first-order chi connectivity index (χ1) is 8.15. The number of benzene rings is 1. The average molecular weight is 236 g/mol. The molecule has 17 heavy (non-hydrogen) atoms. The number of carboxylic acids is 1. The lowest BCUT2D eigenvalue weighted by Gasteiger charge is -2.26. The van der Waals surface area contributed by atoms with Gasteiger partial charge in [-0.25, -0.2) is 0 Å². The summed E-state index contributed by atoms with van der Waals surface area (Å²) < 4.78 is 5.71. The quantitative estimate of drug-likeness (QED) is 0.845. The Morgan fingerprint density at radius 3 is 2.53 bits per heavy atom. The number of phenols is 1. The van der Waals surface area contributed by atoms with Gasteiger partial charge in [-0.05, 0) is 37.8 Å². The minimum atomic E-state index is -0.708. The number of phenolic OH excluding ortho intramolecular Hbond substituents is 1. The lowest BCUT2D eigenvalue weighted by molar-refractivity contribution is -0.143. The van der Waals surface area contributed by atoms with Gasteiger partial charge in [-0.15, -0.1) is 0 Å². The Kier molecular flexibility index (Phi) is 3.52. The van der Waals surface area contributed by atoms with E-state index in [0.29, 0.717) is 18.6 Å². The number of hydrogen-bond donors (Lipinski definition) is 2. The molecule has 0 aromatic heterocycles. The maximum atomic E-state index is 10.8. The van der Waals surface area contributed by atoms with E-state index in [2.05, 4.69) is 0 Å². The van der Waals surface area contributed by atoms with Gasteiger partial charge in [0.2, 0.25) is 0 Å². The van der Waals surface area contributed by atoms with E-state index in [9.17, 15) is 9.90 Å². The second kappa shape index (κ2) is 5.08. The lowest BCUT2D eigenvalue weighted by Crippen LogP contribution is -2.27. The molecule has 92 valence electrons. The number of carbonyl (C=O) groups is 1. The highest BCUT2D eigenvalue weighted by Gasteiger charge is 2.26. The molecule has 1 saturated carbocycles. The Labute approximate surface area is 99.8 Å². The lowest BCUT2D eigenvalue weighted by atomic mass is 9.87. The Morgan fingerprint density at radius 2 is 1.94 bits per heavy atom. The number of hydrogen-bond acceptors (Lipinski definition) is 3. The van der Waals surface area contributed by atoms with E-state index in [0.717, 1.165) is 12.8 Å². The fourth-order valence-electron chi connectivity index (χ4n) is 2.18. The molecule has 1 aliphatic rings. The van der Waals surface area contributed by atoms with Crippen molar-refractivity contribution in [3.8, 4) is 11.5 Å².